The maximum absolute atomic E-state index is 13.2. The number of esters is 1. The van der Waals surface area contributed by atoms with E-state index in [2.05, 4.69) is 0 Å². The Hall–Kier alpha value is -2.50. The average molecular weight is 328 g/mol. The molecule has 24 heavy (non-hydrogen) atoms. The van der Waals surface area contributed by atoms with Crippen molar-refractivity contribution in [2.45, 2.75) is 6.92 Å². The molecule has 0 aliphatic carbocycles. The number of likely N-dealkylation sites (tertiary alicyclic amines) is 1. The molecule has 2 aliphatic heterocycles. The number of amides is 1. The largest absolute Gasteiger partial charge is 0.497 e. The number of aromatic nitrogens is 1. The van der Waals surface area contributed by atoms with Crippen molar-refractivity contribution in [1.82, 2.24) is 9.47 Å². The standard InChI is InChI=1S/C18H20N2O4/c1-10-16(13-6-12(23-3)4-5-15(13)19(10)2)17(21)20-7-11-9-24-18(22)14(11)8-20/h4-6,11,14H,7-9H2,1-3H3/t11-,14-/m1/s1. The summed E-state index contributed by atoms with van der Waals surface area (Å²) in [5, 5.41) is 0.888. The van der Waals surface area contributed by atoms with Gasteiger partial charge >= 0.3 is 5.97 Å². The molecule has 3 heterocycles. The summed E-state index contributed by atoms with van der Waals surface area (Å²) in [6.45, 7) is 3.40. The third-order valence-electron chi connectivity index (χ3n) is 5.38. The monoisotopic (exact) mass is 328 g/mol. The lowest BCUT2D eigenvalue weighted by Gasteiger charge is -2.17. The molecule has 126 valence electrons. The molecule has 2 saturated heterocycles. The van der Waals surface area contributed by atoms with Crippen molar-refractivity contribution in [3.05, 3.63) is 29.5 Å². The lowest BCUT2D eigenvalue weighted by atomic mass is 10.0. The first-order valence-electron chi connectivity index (χ1n) is 8.10. The number of fused-ring (bicyclic) bond motifs is 2. The summed E-state index contributed by atoms with van der Waals surface area (Å²) in [6, 6.07) is 5.76. The van der Waals surface area contributed by atoms with Crippen molar-refractivity contribution in [2.75, 3.05) is 26.8 Å². The molecule has 0 saturated carbocycles. The number of aryl methyl sites for hydroxylation is 1. The van der Waals surface area contributed by atoms with Crippen LogP contribution in [0.25, 0.3) is 10.9 Å². The van der Waals surface area contributed by atoms with Gasteiger partial charge in [0.05, 0.1) is 25.2 Å². The first kappa shape index (κ1) is 15.1. The van der Waals surface area contributed by atoms with E-state index in [0.29, 0.717) is 25.3 Å². The summed E-state index contributed by atoms with van der Waals surface area (Å²) in [5.74, 6) is 0.495. The highest BCUT2D eigenvalue weighted by Crippen LogP contribution is 2.34. The Morgan fingerprint density at radius 1 is 1.33 bits per heavy atom. The van der Waals surface area contributed by atoms with Crippen LogP contribution in [0.15, 0.2) is 18.2 Å². The van der Waals surface area contributed by atoms with E-state index in [-0.39, 0.29) is 23.7 Å². The minimum absolute atomic E-state index is 0.0199. The Morgan fingerprint density at radius 2 is 2.12 bits per heavy atom. The van der Waals surface area contributed by atoms with Gasteiger partial charge in [-0.25, -0.2) is 0 Å². The van der Waals surface area contributed by atoms with Crippen LogP contribution in [0, 0.1) is 18.8 Å². The number of hydrogen-bond donors (Lipinski definition) is 0. The second-order valence-electron chi connectivity index (χ2n) is 6.61. The predicted molar refractivity (Wildman–Crippen MR) is 88.1 cm³/mol. The highest BCUT2D eigenvalue weighted by molar-refractivity contribution is 6.09. The van der Waals surface area contributed by atoms with Gasteiger partial charge in [0.25, 0.3) is 5.91 Å². The minimum atomic E-state index is -0.174. The number of ether oxygens (including phenoxy) is 2. The molecule has 1 aromatic carbocycles. The zero-order valence-electron chi connectivity index (χ0n) is 14.0. The highest BCUT2D eigenvalue weighted by Gasteiger charge is 2.46. The molecule has 0 spiro atoms. The summed E-state index contributed by atoms with van der Waals surface area (Å²) in [7, 11) is 3.57. The van der Waals surface area contributed by atoms with Crippen molar-refractivity contribution >= 4 is 22.8 Å². The number of methoxy groups -OCH3 is 1. The molecule has 0 bridgehead atoms. The molecule has 2 aliphatic rings. The van der Waals surface area contributed by atoms with Gasteiger partial charge in [0.15, 0.2) is 0 Å². The van der Waals surface area contributed by atoms with Crippen molar-refractivity contribution < 1.29 is 19.1 Å². The molecule has 1 aromatic heterocycles. The number of nitrogens with zero attached hydrogens (tertiary/aromatic N) is 2. The summed E-state index contributed by atoms with van der Waals surface area (Å²) in [4.78, 5) is 26.7. The number of cyclic esters (lactones) is 1. The van der Waals surface area contributed by atoms with E-state index >= 15 is 0 Å². The van der Waals surface area contributed by atoms with E-state index in [1.54, 1.807) is 12.0 Å². The fourth-order valence-corrected chi connectivity index (χ4v) is 3.88. The van der Waals surface area contributed by atoms with Gasteiger partial charge in [0, 0.05) is 42.7 Å². The Kier molecular flexibility index (Phi) is 3.30. The summed E-state index contributed by atoms with van der Waals surface area (Å²) >= 11 is 0. The molecule has 2 atom stereocenters. The van der Waals surface area contributed by atoms with Crippen molar-refractivity contribution in [2.24, 2.45) is 18.9 Å². The van der Waals surface area contributed by atoms with Gasteiger partial charge in [-0.05, 0) is 25.1 Å². The van der Waals surface area contributed by atoms with Gasteiger partial charge in [-0.15, -0.1) is 0 Å². The zero-order valence-corrected chi connectivity index (χ0v) is 14.0. The summed E-state index contributed by atoms with van der Waals surface area (Å²) < 4.78 is 12.4. The Bertz CT molecular complexity index is 854. The molecule has 6 nitrogen and oxygen atoms in total. The zero-order chi connectivity index (χ0) is 17.0. The van der Waals surface area contributed by atoms with Gasteiger partial charge in [0.2, 0.25) is 0 Å². The van der Waals surface area contributed by atoms with E-state index in [1.807, 2.05) is 36.7 Å². The maximum atomic E-state index is 13.2. The molecule has 1 amide bonds. The lowest BCUT2D eigenvalue weighted by molar-refractivity contribution is -0.141. The van der Waals surface area contributed by atoms with Crippen LogP contribution in [0.1, 0.15) is 16.1 Å². The predicted octanol–water partition coefficient (Wildman–Crippen LogP) is 1.74. The number of rotatable bonds is 2. The van der Waals surface area contributed by atoms with E-state index in [4.69, 9.17) is 9.47 Å². The molecular weight excluding hydrogens is 308 g/mol. The first-order chi connectivity index (χ1) is 11.5. The third kappa shape index (κ3) is 2.02. The molecular formula is C18H20N2O4. The fraction of sp³-hybridized carbons (Fsp3) is 0.444. The molecule has 2 aromatic rings. The third-order valence-corrected chi connectivity index (χ3v) is 5.38. The van der Waals surface area contributed by atoms with Crippen LogP contribution >= 0.6 is 0 Å². The van der Waals surface area contributed by atoms with E-state index in [0.717, 1.165) is 22.3 Å². The topological polar surface area (TPSA) is 60.8 Å². The van der Waals surface area contributed by atoms with Gasteiger partial charge in [-0.2, -0.15) is 0 Å². The van der Waals surface area contributed by atoms with Crippen LogP contribution in [-0.2, 0) is 16.6 Å². The number of benzene rings is 1. The maximum Gasteiger partial charge on any atom is 0.311 e. The molecule has 0 radical (unpaired) electrons. The molecule has 0 unspecified atom stereocenters. The average Bonchev–Trinajstić information content (AvgIpc) is 3.22. The van der Waals surface area contributed by atoms with Crippen LogP contribution in [0.5, 0.6) is 5.75 Å². The Labute approximate surface area is 139 Å². The van der Waals surface area contributed by atoms with Gasteiger partial charge in [-0.3, -0.25) is 9.59 Å². The molecule has 2 fully saturated rings. The summed E-state index contributed by atoms with van der Waals surface area (Å²) in [6.07, 6.45) is 0. The highest BCUT2D eigenvalue weighted by atomic mass is 16.5. The minimum Gasteiger partial charge on any atom is -0.497 e. The van der Waals surface area contributed by atoms with E-state index < -0.39 is 0 Å². The Morgan fingerprint density at radius 3 is 2.83 bits per heavy atom. The smallest absolute Gasteiger partial charge is 0.311 e. The molecule has 6 heteroatoms. The van der Waals surface area contributed by atoms with Gasteiger partial charge in [0.1, 0.15) is 5.75 Å². The summed E-state index contributed by atoms with van der Waals surface area (Å²) in [5.41, 5.74) is 2.61. The van der Waals surface area contributed by atoms with Crippen LogP contribution in [-0.4, -0.2) is 48.1 Å². The second-order valence-corrected chi connectivity index (χ2v) is 6.61. The fourth-order valence-electron chi connectivity index (χ4n) is 3.88. The van der Waals surface area contributed by atoms with Crippen LogP contribution < -0.4 is 4.74 Å². The lowest BCUT2D eigenvalue weighted by Crippen LogP contribution is -2.31. The van der Waals surface area contributed by atoms with Crippen LogP contribution in [0.4, 0.5) is 0 Å². The van der Waals surface area contributed by atoms with Crippen LogP contribution in [0.3, 0.4) is 0 Å². The number of hydrogen-bond acceptors (Lipinski definition) is 4. The molecule has 0 N–H and O–H groups in total. The molecule has 4 rings (SSSR count). The van der Waals surface area contributed by atoms with Crippen molar-refractivity contribution in [1.29, 1.82) is 0 Å². The first-order valence-corrected chi connectivity index (χ1v) is 8.10. The second kappa shape index (κ2) is 5.26. The van der Waals surface area contributed by atoms with Crippen molar-refractivity contribution in [3.8, 4) is 5.75 Å². The van der Waals surface area contributed by atoms with Crippen LogP contribution in [0.2, 0.25) is 0 Å². The number of carbonyl (C=O) groups is 2. The van der Waals surface area contributed by atoms with Gasteiger partial charge in [-0.1, -0.05) is 0 Å². The van der Waals surface area contributed by atoms with E-state index in [1.165, 1.54) is 0 Å². The quantitative estimate of drug-likeness (QED) is 0.788. The Balaban J connectivity index is 1.75. The SMILES string of the molecule is COc1ccc2c(c1)c(C(=O)N1C[C@@H]3COC(=O)[C@@H]3C1)c(C)n2C. The normalized spacial score (nSPS) is 22.8. The number of carbonyl (C=O) groups excluding carboxylic acids is 2. The van der Waals surface area contributed by atoms with Crippen molar-refractivity contribution in [3.63, 3.8) is 0 Å². The van der Waals surface area contributed by atoms with Gasteiger partial charge < -0.3 is 18.9 Å². The van der Waals surface area contributed by atoms with E-state index in [9.17, 15) is 9.59 Å².